The molecule has 0 fully saturated rings. The second-order valence-electron chi connectivity index (χ2n) is 6.12. The van der Waals surface area contributed by atoms with Crippen molar-refractivity contribution in [2.45, 2.75) is 37.9 Å². The summed E-state index contributed by atoms with van der Waals surface area (Å²) in [4.78, 5) is 2.31. The number of halogens is 2. The first-order chi connectivity index (χ1) is 11.3. The van der Waals surface area contributed by atoms with E-state index in [1.54, 1.807) is 6.07 Å². The van der Waals surface area contributed by atoms with Crippen LogP contribution in [0.25, 0.3) is 0 Å². The van der Waals surface area contributed by atoms with Crippen LogP contribution in [0.15, 0.2) is 41.3 Å². The average molecular weight is 385 g/mol. The second-order valence-corrected chi connectivity index (χ2v) is 8.62. The molecule has 1 aliphatic heterocycles. The second kappa shape index (κ2) is 6.56. The lowest BCUT2D eigenvalue weighted by atomic mass is 10.1. The molecule has 4 nitrogen and oxygen atoms in total. The summed E-state index contributed by atoms with van der Waals surface area (Å²) in [5.41, 5.74) is 2.76. The lowest BCUT2D eigenvalue weighted by molar-refractivity contribution is 0.227. The molecule has 0 aromatic heterocycles. The summed E-state index contributed by atoms with van der Waals surface area (Å²) in [7, 11) is -3.78. The molecule has 0 saturated heterocycles. The Bertz CT molecular complexity index is 882. The average Bonchev–Trinajstić information content (AvgIpc) is 2.92. The topological polar surface area (TPSA) is 49.4 Å². The van der Waals surface area contributed by atoms with E-state index in [9.17, 15) is 8.42 Å². The van der Waals surface area contributed by atoms with Crippen molar-refractivity contribution in [3.63, 3.8) is 0 Å². The largest absolute Gasteiger partial charge is 0.292 e. The molecule has 0 aliphatic carbocycles. The van der Waals surface area contributed by atoms with Gasteiger partial charge in [-0.05, 0) is 49.2 Å². The Balaban J connectivity index is 1.94. The molecule has 1 N–H and O–H groups in total. The Hall–Kier alpha value is -1.27. The quantitative estimate of drug-likeness (QED) is 0.842. The number of nitrogens with zero attached hydrogens (tertiary/aromatic N) is 1. The molecule has 0 spiro atoms. The Morgan fingerprint density at radius 2 is 1.88 bits per heavy atom. The van der Waals surface area contributed by atoms with Gasteiger partial charge in [-0.2, -0.15) is 0 Å². The van der Waals surface area contributed by atoms with Crippen molar-refractivity contribution in [1.82, 2.24) is 4.90 Å². The van der Waals surface area contributed by atoms with Gasteiger partial charge in [0.05, 0.1) is 10.7 Å². The minimum Gasteiger partial charge on any atom is -0.292 e. The number of anilines is 1. The highest BCUT2D eigenvalue weighted by Crippen LogP contribution is 2.33. The van der Waals surface area contributed by atoms with Gasteiger partial charge in [0.2, 0.25) is 0 Å². The minimum atomic E-state index is -3.78. The van der Waals surface area contributed by atoms with Crippen molar-refractivity contribution in [2.75, 3.05) is 4.72 Å². The molecule has 0 amide bonds. The van der Waals surface area contributed by atoms with E-state index in [1.165, 1.54) is 18.2 Å². The van der Waals surface area contributed by atoms with Crippen LogP contribution in [0.2, 0.25) is 10.0 Å². The molecule has 0 unspecified atom stereocenters. The molecule has 0 atom stereocenters. The summed E-state index contributed by atoms with van der Waals surface area (Å²) in [6, 6.07) is 10.4. The standard InChI is InChI=1S/C17H18Cl2N2O2S/c1-11(2)21-9-12-4-3-5-16(14(12)10-21)20-24(22,23)17-7-6-13(18)8-15(17)19/h3-8,11,20H,9-10H2,1-2H3. The van der Waals surface area contributed by atoms with Gasteiger partial charge >= 0.3 is 0 Å². The molecular formula is C17H18Cl2N2O2S. The minimum absolute atomic E-state index is 0.0184. The predicted octanol–water partition coefficient (Wildman–Crippen LogP) is 4.52. The monoisotopic (exact) mass is 384 g/mol. The van der Waals surface area contributed by atoms with E-state index in [-0.39, 0.29) is 9.92 Å². The van der Waals surface area contributed by atoms with Gasteiger partial charge in [-0.15, -0.1) is 0 Å². The highest BCUT2D eigenvalue weighted by Gasteiger charge is 2.26. The molecule has 24 heavy (non-hydrogen) atoms. The van der Waals surface area contributed by atoms with E-state index in [0.717, 1.165) is 24.2 Å². The lowest BCUT2D eigenvalue weighted by Gasteiger charge is -2.19. The Morgan fingerprint density at radius 3 is 2.54 bits per heavy atom. The van der Waals surface area contributed by atoms with Crippen LogP contribution in [0.1, 0.15) is 25.0 Å². The van der Waals surface area contributed by atoms with Crippen LogP contribution in [0, 0.1) is 0 Å². The highest BCUT2D eigenvalue weighted by atomic mass is 35.5. The third-order valence-electron chi connectivity index (χ3n) is 4.17. The Labute approximate surface area is 152 Å². The Kier molecular flexibility index (Phi) is 4.80. The van der Waals surface area contributed by atoms with E-state index < -0.39 is 10.0 Å². The highest BCUT2D eigenvalue weighted by molar-refractivity contribution is 7.92. The lowest BCUT2D eigenvalue weighted by Crippen LogP contribution is -2.24. The zero-order chi connectivity index (χ0) is 17.5. The van der Waals surface area contributed by atoms with Gasteiger partial charge < -0.3 is 0 Å². The molecule has 1 aliphatic rings. The third-order valence-corrected chi connectivity index (χ3v) is 6.25. The van der Waals surface area contributed by atoms with E-state index in [4.69, 9.17) is 23.2 Å². The summed E-state index contributed by atoms with van der Waals surface area (Å²) in [5.74, 6) is 0. The number of sulfonamides is 1. The van der Waals surface area contributed by atoms with E-state index in [0.29, 0.717) is 16.8 Å². The number of fused-ring (bicyclic) bond motifs is 1. The fraction of sp³-hybridized carbons (Fsp3) is 0.294. The van der Waals surface area contributed by atoms with Crippen LogP contribution in [0.4, 0.5) is 5.69 Å². The van der Waals surface area contributed by atoms with E-state index >= 15 is 0 Å². The number of nitrogens with one attached hydrogen (secondary N) is 1. The van der Waals surface area contributed by atoms with Crippen molar-refractivity contribution in [3.8, 4) is 0 Å². The summed E-state index contributed by atoms with van der Waals surface area (Å²) in [5, 5.41) is 0.499. The fourth-order valence-corrected chi connectivity index (χ4v) is 4.67. The zero-order valence-electron chi connectivity index (χ0n) is 13.4. The zero-order valence-corrected chi connectivity index (χ0v) is 15.7. The van der Waals surface area contributed by atoms with Gasteiger partial charge in [0.15, 0.2) is 0 Å². The van der Waals surface area contributed by atoms with Crippen molar-refractivity contribution in [1.29, 1.82) is 0 Å². The van der Waals surface area contributed by atoms with Crippen molar-refractivity contribution >= 4 is 38.9 Å². The molecule has 0 radical (unpaired) electrons. The maximum Gasteiger partial charge on any atom is 0.263 e. The van der Waals surface area contributed by atoms with Crippen LogP contribution in [-0.2, 0) is 23.1 Å². The first kappa shape index (κ1) is 17.5. The smallest absolute Gasteiger partial charge is 0.263 e. The predicted molar refractivity (Wildman–Crippen MR) is 98.1 cm³/mol. The maximum absolute atomic E-state index is 12.7. The van der Waals surface area contributed by atoms with Crippen LogP contribution in [0.3, 0.4) is 0 Å². The first-order valence-corrected chi connectivity index (χ1v) is 9.84. The summed E-state index contributed by atoms with van der Waals surface area (Å²) in [6.07, 6.45) is 0. The molecule has 7 heteroatoms. The van der Waals surface area contributed by atoms with Crippen molar-refractivity contribution < 1.29 is 8.42 Å². The number of benzene rings is 2. The first-order valence-electron chi connectivity index (χ1n) is 7.60. The van der Waals surface area contributed by atoms with Crippen molar-refractivity contribution in [3.05, 3.63) is 57.6 Å². The molecule has 0 saturated carbocycles. The van der Waals surface area contributed by atoms with Gasteiger partial charge in [0.25, 0.3) is 10.0 Å². The molecule has 2 aromatic rings. The van der Waals surface area contributed by atoms with Crippen molar-refractivity contribution in [2.24, 2.45) is 0 Å². The van der Waals surface area contributed by atoms with Gasteiger partial charge in [0, 0.05) is 24.2 Å². The molecule has 0 bridgehead atoms. The molecular weight excluding hydrogens is 367 g/mol. The Morgan fingerprint density at radius 1 is 1.12 bits per heavy atom. The fourth-order valence-electron chi connectivity index (χ4n) is 2.80. The summed E-state index contributed by atoms with van der Waals surface area (Å²) in [6.45, 7) is 5.80. The summed E-state index contributed by atoms with van der Waals surface area (Å²) < 4.78 is 28.1. The number of rotatable bonds is 4. The number of hydrogen-bond acceptors (Lipinski definition) is 3. The molecule has 3 rings (SSSR count). The van der Waals surface area contributed by atoms with Gasteiger partial charge in [-0.25, -0.2) is 8.42 Å². The van der Waals surface area contributed by atoms with Gasteiger partial charge in [0.1, 0.15) is 4.90 Å². The molecule has 2 aromatic carbocycles. The normalized spacial score (nSPS) is 14.9. The molecule has 128 valence electrons. The van der Waals surface area contributed by atoms with Gasteiger partial charge in [-0.1, -0.05) is 35.3 Å². The summed E-state index contributed by atoms with van der Waals surface area (Å²) >= 11 is 11.9. The van der Waals surface area contributed by atoms with Crippen LogP contribution >= 0.6 is 23.2 Å². The van der Waals surface area contributed by atoms with Crippen LogP contribution in [-0.4, -0.2) is 19.4 Å². The van der Waals surface area contributed by atoms with E-state index in [2.05, 4.69) is 23.5 Å². The van der Waals surface area contributed by atoms with Crippen LogP contribution in [0.5, 0.6) is 0 Å². The third kappa shape index (κ3) is 3.40. The molecule has 1 heterocycles. The van der Waals surface area contributed by atoms with Crippen LogP contribution < -0.4 is 4.72 Å². The SMILES string of the molecule is CC(C)N1Cc2cccc(NS(=O)(=O)c3ccc(Cl)cc3Cl)c2C1. The number of hydrogen-bond donors (Lipinski definition) is 1. The maximum atomic E-state index is 12.7. The van der Waals surface area contributed by atoms with E-state index in [1.807, 2.05) is 12.1 Å². The van der Waals surface area contributed by atoms with Gasteiger partial charge in [-0.3, -0.25) is 9.62 Å².